The van der Waals surface area contributed by atoms with Gasteiger partial charge in [0.15, 0.2) is 0 Å². The number of fused-ring (bicyclic) bond motifs is 2. The molecule has 10 aromatic rings. The van der Waals surface area contributed by atoms with Crippen molar-refractivity contribution >= 4 is 74.7 Å². The number of pyridine rings is 4. The molecule has 1 N–H and O–H groups in total. The number of anilines is 4. The van der Waals surface area contributed by atoms with Gasteiger partial charge in [-0.3, -0.25) is 24.2 Å². The van der Waals surface area contributed by atoms with Crippen molar-refractivity contribution < 1.29 is 4.74 Å². The fraction of sp³-hybridized carbons (Fsp3) is 0.269. The molecular formula is C52H56N14OS2Si. The predicted octanol–water partition coefficient (Wildman–Crippen LogP) is 12.5. The predicted molar refractivity (Wildman–Crippen MR) is 287 cm³/mol. The van der Waals surface area contributed by atoms with Crippen LogP contribution in [0.3, 0.4) is 0 Å². The first kappa shape index (κ1) is 47.9. The van der Waals surface area contributed by atoms with Gasteiger partial charge in [-0.15, -0.1) is 20.4 Å². The van der Waals surface area contributed by atoms with Crippen molar-refractivity contribution in [3.63, 3.8) is 0 Å². The van der Waals surface area contributed by atoms with Crippen molar-refractivity contribution in [1.82, 2.24) is 59.9 Å². The third kappa shape index (κ3) is 11.3. The van der Waals surface area contributed by atoms with E-state index in [0.29, 0.717) is 31.0 Å². The van der Waals surface area contributed by atoms with Crippen LogP contribution in [0.1, 0.15) is 49.5 Å². The van der Waals surface area contributed by atoms with Crippen LogP contribution in [0.4, 0.5) is 21.9 Å². The van der Waals surface area contributed by atoms with E-state index in [9.17, 15) is 0 Å². The minimum absolute atomic E-state index is 0.306. The molecule has 0 fully saturated rings. The van der Waals surface area contributed by atoms with Crippen LogP contribution in [0.2, 0.25) is 25.7 Å². The van der Waals surface area contributed by atoms with Crippen molar-refractivity contribution in [2.24, 2.45) is 14.1 Å². The number of rotatable bonds is 15. The standard InChI is InChI=1S/C29H35N7OSSi.C23H21N7S/c1-20(2)28-32-33-29(38-28)36(19-37-14-15-39(4,5)6)26-13-12-24-25(31-26)16-22(17-30-24)23-18-35(3)34-27(23)21-10-8-7-9-11-21;1-14(2)22-27-28-23(31-22)26-20-10-9-18-19(25-20)11-16(12-24-18)17-13-30(3)29-21(17)15-7-5-4-6-8-15/h7-13,16-18,20H,14-15,19H2,1-6H3;4-14H,1-3H3,(H,25,26,28). The maximum absolute atomic E-state index is 6.16. The van der Waals surface area contributed by atoms with Gasteiger partial charge in [0.2, 0.25) is 10.3 Å². The molecule has 356 valence electrons. The zero-order valence-electron chi connectivity index (χ0n) is 40.9. The number of nitrogens with one attached hydrogen (secondary N) is 1. The maximum atomic E-state index is 6.16. The molecule has 8 heterocycles. The molecule has 0 aliphatic heterocycles. The Balaban J connectivity index is 0.000000178. The Hall–Kier alpha value is -7.12. The van der Waals surface area contributed by atoms with E-state index in [2.05, 4.69) is 120 Å². The monoisotopic (exact) mass is 984 g/mol. The molecule has 10 rings (SSSR count). The molecule has 0 bridgehead atoms. The molecule has 0 radical (unpaired) electrons. The van der Waals surface area contributed by atoms with Gasteiger partial charge >= 0.3 is 0 Å². The van der Waals surface area contributed by atoms with Gasteiger partial charge in [-0.1, -0.05) is 131 Å². The highest BCUT2D eigenvalue weighted by molar-refractivity contribution is 7.15. The second-order valence-corrected chi connectivity index (χ2v) is 26.4. The molecule has 0 aliphatic carbocycles. The molecular weight excluding hydrogens is 929 g/mol. The summed E-state index contributed by atoms with van der Waals surface area (Å²) in [5.41, 5.74) is 11.2. The van der Waals surface area contributed by atoms with Gasteiger partial charge in [0.05, 0.1) is 22.1 Å². The summed E-state index contributed by atoms with van der Waals surface area (Å²) in [6.45, 7) is 16.6. The molecule has 8 aromatic heterocycles. The molecule has 18 heteroatoms. The van der Waals surface area contributed by atoms with Crippen molar-refractivity contribution in [3.8, 4) is 44.8 Å². The van der Waals surface area contributed by atoms with Crippen LogP contribution in [0.5, 0.6) is 0 Å². The topological polar surface area (TPSA) is 163 Å². The van der Waals surface area contributed by atoms with E-state index >= 15 is 0 Å². The van der Waals surface area contributed by atoms with Crippen molar-refractivity contribution in [2.45, 2.75) is 65.2 Å². The minimum atomic E-state index is -1.20. The Kier molecular flexibility index (Phi) is 14.3. The molecule has 0 aliphatic rings. The first-order valence-corrected chi connectivity index (χ1v) is 28.6. The van der Waals surface area contributed by atoms with Gasteiger partial charge < -0.3 is 10.1 Å². The van der Waals surface area contributed by atoms with E-state index < -0.39 is 8.07 Å². The molecule has 0 amide bonds. The number of aromatic nitrogens is 12. The molecule has 0 unspecified atom stereocenters. The summed E-state index contributed by atoms with van der Waals surface area (Å²) in [4.78, 5) is 21.2. The average Bonchev–Trinajstić information content (AvgIpc) is 4.19. The smallest absolute Gasteiger partial charge is 0.215 e. The first-order valence-electron chi connectivity index (χ1n) is 23.3. The number of nitrogens with zero attached hydrogens (tertiary/aromatic N) is 13. The minimum Gasteiger partial charge on any atom is -0.361 e. The van der Waals surface area contributed by atoms with Gasteiger partial charge in [0, 0.05) is 98.8 Å². The Morgan fingerprint density at radius 1 is 0.614 bits per heavy atom. The Bertz CT molecular complexity index is 3360. The zero-order chi connectivity index (χ0) is 48.9. The molecule has 0 atom stereocenters. The normalized spacial score (nSPS) is 11.7. The summed E-state index contributed by atoms with van der Waals surface area (Å²) < 4.78 is 9.82. The number of benzene rings is 2. The Morgan fingerprint density at radius 3 is 1.70 bits per heavy atom. The number of hydrogen-bond donors (Lipinski definition) is 1. The average molecular weight is 985 g/mol. The Labute approximate surface area is 416 Å². The summed E-state index contributed by atoms with van der Waals surface area (Å²) in [6, 6.07) is 33.5. The van der Waals surface area contributed by atoms with Gasteiger partial charge in [-0.05, 0) is 42.4 Å². The number of hydrogen-bond acceptors (Lipinski definition) is 15. The lowest BCUT2D eigenvalue weighted by atomic mass is 10.0. The summed E-state index contributed by atoms with van der Waals surface area (Å²) in [5, 5.41) is 33.5. The zero-order valence-corrected chi connectivity index (χ0v) is 43.5. The fourth-order valence-electron chi connectivity index (χ4n) is 7.49. The van der Waals surface area contributed by atoms with Crippen LogP contribution in [0, 0.1) is 0 Å². The van der Waals surface area contributed by atoms with E-state index in [4.69, 9.17) is 24.8 Å². The lowest BCUT2D eigenvalue weighted by molar-refractivity contribution is 0.153. The highest BCUT2D eigenvalue weighted by Gasteiger charge is 2.21. The lowest BCUT2D eigenvalue weighted by Gasteiger charge is -2.22. The molecule has 70 heavy (non-hydrogen) atoms. The highest BCUT2D eigenvalue weighted by Crippen LogP contribution is 2.36. The number of ether oxygens (including phenoxy) is 1. The third-order valence-corrected chi connectivity index (χ3v) is 15.3. The van der Waals surface area contributed by atoms with Crippen LogP contribution in [0.25, 0.3) is 66.8 Å². The van der Waals surface area contributed by atoms with E-state index in [1.807, 2.05) is 114 Å². The van der Waals surface area contributed by atoms with Crippen LogP contribution in [0.15, 0.2) is 122 Å². The van der Waals surface area contributed by atoms with Crippen molar-refractivity contribution in [1.29, 1.82) is 0 Å². The van der Waals surface area contributed by atoms with Crippen molar-refractivity contribution in [3.05, 3.63) is 132 Å². The van der Waals surface area contributed by atoms with Gasteiger partial charge in [-0.2, -0.15) is 10.2 Å². The first-order chi connectivity index (χ1) is 33.7. The second kappa shape index (κ2) is 20.8. The van der Waals surface area contributed by atoms with Crippen molar-refractivity contribution in [2.75, 3.05) is 23.6 Å². The number of aryl methyl sites for hydroxylation is 2. The van der Waals surface area contributed by atoms with Gasteiger partial charge in [0.1, 0.15) is 39.8 Å². The van der Waals surface area contributed by atoms with Crippen LogP contribution in [-0.4, -0.2) is 81.3 Å². The summed E-state index contributed by atoms with van der Waals surface area (Å²) >= 11 is 3.12. The Morgan fingerprint density at radius 2 is 1.16 bits per heavy atom. The largest absolute Gasteiger partial charge is 0.361 e. The summed E-state index contributed by atoms with van der Waals surface area (Å²) in [7, 11) is 2.67. The summed E-state index contributed by atoms with van der Waals surface area (Å²) in [5.74, 6) is 2.13. The fourth-order valence-corrected chi connectivity index (χ4v) is 9.84. The highest BCUT2D eigenvalue weighted by atomic mass is 32.1. The SMILES string of the molecule is CC(C)c1nnc(N(COCC[Si](C)(C)C)c2ccc3ncc(-c4cn(C)nc4-c4ccccc4)cc3n2)s1.CC(C)c1nnc(Nc2ccc3ncc(-c4cn(C)nc4-c4ccccc4)cc3n2)s1. The quantitative estimate of drug-likeness (QED) is 0.0587. The molecule has 0 saturated heterocycles. The second-order valence-electron chi connectivity index (χ2n) is 18.8. The lowest BCUT2D eigenvalue weighted by Crippen LogP contribution is -2.26. The van der Waals surface area contributed by atoms with E-state index in [0.717, 1.165) is 99.0 Å². The van der Waals surface area contributed by atoms with E-state index in [-0.39, 0.29) is 0 Å². The molecule has 15 nitrogen and oxygen atoms in total. The van der Waals surface area contributed by atoms with Crippen LogP contribution < -0.4 is 10.2 Å². The third-order valence-electron chi connectivity index (χ3n) is 11.3. The molecule has 0 saturated carbocycles. The van der Waals surface area contributed by atoms with Crippen LogP contribution >= 0.6 is 22.7 Å². The van der Waals surface area contributed by atoms with Gasteiger partial charge in [-0.25, -0.2) is 9.97 Å². The van der Waals surface area contributed by atoms with E-state index in [1.165, 1.54) is 0 Å². The maximum Gasteiger partial charge on any atom is 0.215 e. The van der Waals surface area contributed by atoms with Gasteiger partial charge in [0.25, 0.3) is 0 Å². The van der Waals surface area contributed by atoms with Crippen LogP contribution in [-0.2, 0) is 18.8 Å². The molecule has 0 spiro atoms. The van der Waals surface area contributed by atoms with E-state index in [1.54, 1.807) is 22.7 Å². The molecule has 2 aromatic carbocycles. The summed E-state index contributed by atoms with van der Waals surface area (Å²) in [6.07, 6.45) is 7.81.